The normalized spacial score (nSPS) is 14.7. The van der Waals surface area contributed by atoms with Crippen LogP contribution in [0.3, 0.4) is 0 Å². The molecule has 1 N–H and O–H groups in total. The van der Waals surface area contributed by atoms with Crippen molar-refractivity contribution in [2.24, 2.45) is 0 Å². The standard InChI is InChI=1S/C28H27NO3/c1-3-19-9-7-8-12-23(19)27-26(20-10-5-4-6-11-20)25-18(2)15-21(28(30)31)16-24(25)29(27)22-13-14-32-17-22/h3,7-9,12-17,20H,1,4-6,10-11H2,2H3,(H,30,31). The van der Waals surface area contributed by atoms with Gasteiger partial charge in [0.15, 0.2) is 0 Å². The summed E-state index contributed by atoms with van der Waals surface area (Å²) in [6, 6.07) is 13.9. The smallest absolute Gasteiger partial charge is 0.335 e. The minimum atomic E-state index is -0.915. The molecule has 32 heavy (non-hydrogen) atoms. The van der Waals surface area contributed by atoms with Gasteiger partial charge in [-0.3, -0.25) is 0 Å². The van der Waals surface area contributed by atoms with E-state index in [9.17, 15) is 9.90 Å². The van der Waals surface area contributed by atoms with Crippen LogP contribution < -0.4 is 0 Å². The lowest BCUT2D eigenvalue weighted by molar-refractivity contribution is 0.0697. The van der Waals surface area contributed by atoms with E-state index in [2.05, 4.69) is 29.3 Å². The number of furan rings is 1. The van der Waals surface area contributed by atoms with Crippen LogP contribution in [-0.4, -0.2) is 15.6 Å². The maximum absolute atomic E-state index is 11.9. The number of rotatable bonds is 5. The van der Waals surface area contributed by atoms with Crippen molar-refractivity contribution < 1.29 is 14.3 Å². The van der Waals surface area contributed by atoms with E-state index >= 15 is 0 Å². The monoisotopic (exact) mass is 425 g/mol. The Bertz CT molecular complexity index is 1300. The highest BCUT2D eigenvalue weighted by Gasteiger charge is 2.29. The average Bonchev–Trinajstić information content (AvgIpc) is 3.45. The molecule has 4 heteroatoms. The summed E-state index contributed by atoms with van der Waals surface area (Å²) < 4.78 is 7.66. The molecule has 0 atom stereocenters. The second kappa shape index (κ2) is 8.19. The molecule has 1 aliphatic carbocycles. The molecule has 1 aliphatic rings. The molecule has 1 saturated carbocycles. The fourth-order valence-electron chi connectivity index (χ4n) is 5.38. The lowest BCUT2D eigenvalue weighted by Gasteiger charge is -2.24. The highest BCUT2D eigenvalue weighted by molar-refractivity contribution is 6.01. The fraction of sp³-hybridized carbons (Fsp3) is 0.250. The van der Waals surface area contributed by atoms with Crippen molar-refractivity contribution >= 4 is 22.9 Å². The van der Waals surface area contributed by atoms with E-state index in [-0.39, 0.29) is 0 Å². The molecule has 0 bridgehead atoms. The third kappa shape index (κ3) is 3.27. The van der Waals surface area contributed by atoms with Crippen molar-refractivity contribution in [3.8, 4) is 16.9 Å². The van der Waals surface area contributed by atoms with Gasteiger partial charge in [-0.15, -0.1) is 0 Å². The third-order valence-electron chi connectivity index (χ3n) is 6.76. The van der Waals surface area contributed by atoms with Gasteiger partial charge in [0.05, 0.1) is 28.7 Å². The lowest BCUT2D eigenvalue weighted by atomic mass is 9.80. The predicted molar refractivity (Wildman–Crippen MR) is 129 cm³/mol. The first-order valence-electron chi connectivity index (χ1n) is 11.3. The molecule has 1 fully saturated rings. The molecule has 4 aromatic rings. The zero-order valence-electron chi connectivity index (χ0n) is 18.3. The van der Waals surface area contributed by atoms with Crippen molar-refractivity contribution in [2.45, 2.75) is 44.9 Å². The van der Waals surface area contributed by atoms with Crippen molar-refractivity contribution in [3.63, 3.8) is 0 Å². The van der Waals surface area contributed by atoms with Gasteiger partial charge < -0.3 is 14.1 Å². The highest BCUT2D eigenvalue weighted by Crippen LogP contribution is 2.47. The van der Waals surface area contributed by atoms with E-state index in [4.69, 9.17) is 4.42 Å². The van der Waals surface area contributed by atoms with Crippen LogP contribution in [0.25, 0.3) is 33.9 Å². The molecule has 0 amide bonds. The van der Waals surface area contributed by atoms with Crippen LogP contribution in [0.2, 0.25) is 0 Å². The number of aromatic nitrogens is 1. The molecule has 0 saturated heterocycles. The molecular weight excluding hydrogens is 398 g/mol. The Labute approximate surface area is 187 Å². The number of aromatic carboxylic acids is 1. The predicted octanol–water partition coefficient (Wildman–Crippen LogP) is 7.59. The molecule has 5 rings (SSSR count). The van der Waals surface area contributed by atoms with Crippen LogP contribution in [0, 0.1) is 6.92 Å². The van der Waals surface area contributed by atoms with Gasteiger partial charge in [0.1, 0.15) is 6.26 Å². The first-order chi connectivity index (χ1) is 15.6. The van der Waals surface area contributed by atoms with Gasteiger partial charge in [-0.05, 0) is 54.5 Å². The molecular formula is C28H27NO3. The van der Waals surface area contributed by atoms with E-state index < -0.39 is 5.97 Å². The molecule has 0 aliphatic heterocycles. The number of hydrogen-bond donors (Lipinski definition) is 1. The zero-order chi connectivity index (χ0) is 22.2. The SMILES string of the molecule is C=Cc1ccccc1-c1c(C2CCCCC2)c2c(C)cc(C(=O)O)cc2n1-c1ccoc1. The second-order valence-electron chi connectivity index (χ2n) is 8.70. The van der Waals surface area contributed by atoms with Gasteiger partial charge in [-0.2, -0.15) is 0 Å². The minimum Gasteiger partial charge on any atom is -0.478 e. The van der Waals surface area contributed by atoms with E-state index in [1.807, 2.05) is 31.2 Å². The number of hydrogen-bond acceptors (Lipinski definition) is 2. The van der Waals surface area contributed by atoms with E-state index in [0.717, 1.165) is 51.8 Å². The average molecular weight is 426 g/mol. The van der Waals surface area contributed by atoms with Crippen LogP contribution in [0.1, 0.15) is 65.1 Å². The van der Waals surface area contributed by atoms with Crippen molar-refractivity contribution in [1.82, 2.24) is 4.57 Å². The van der Waals surface area contributed by atoms with Gasteiger partial charge in [-0.1, -0.05) is 56.2 Å². The first-order valence-corrected chi connectivity index (χ1v) is 11.3. The molecule has 0 spiro atoms. The van der Waals surface area contributed by atoms with E-state index in [1.165, 1.54) is 24.8 Å². The Morgan fingerprint density at radius 2 is 1.94 bits per heavy atom. The summed E-state index contributed by atoms with van der Waals surface area (Å²) in [7, 11) is 0. The minimum absolute atomic E-state index is 0.302. The Kier molecular flexibility index (Phi) is 5.22. The summed E-state index contributed by atoms with van der Waals surface area (Å²) in [4.78, 5) is 11.9. The van der Waals surface area contributed by atoms with E-state index in [0.29, 0.717) is 11.5 Å². The zero-order valence-corrected chi connectivity index (χ0v) is 18.3. The van der Waals surface area contributed by atoms with Crippen LogP contribution >= 0.6 is 0 Å². The largest absolute Gasteiger partial charge is 0.478 e. The number of carboxylic acids is 1. The quantitative estimate of drug-likeness (QED) is 0.358. The Morgan fingerprint density at radius 3 is 2.62 bits per heavy atom. The topological polar surface area (TPSA) is 55.4 Å². The molecule has 2 heterocycles. The Balaban J connectivity index is 1.97. The number of carbonyl (C=O) groups is 1. The van der Waals surface area contributed by atoms with Gasteiger partial charge in [0.25, 0.3) is 0 Å². The Hall–Kier alpha value is -3.53. The van der Waals surface area contributed by atoms with Crippen LogP contribution in [0.4, 0.5) is 0 Å². The fourth-order valence-corrected chi connectivity index (χ4v) is 5.38. The Morgan fingerprint density at radius 1 is 1.16 bits per heavy atom. The van der Waals surface area contributed by atoms with Crippen molar-refractivity contribution in [3.05, 3.63) is 83.8 Å². The van der Waals surface area contributed by atoms with Crippen molar-refractivity contribution in [1.29, 1.82) is 0 Å². The van der Waals surface area contributed by atoms with E-state index in [1.54, 1.807) is 18.6 Å². The van der Waals surface area contributed by atoms with Crippen LogP contribution in [-0.2, 0) is 0 Å². The number of carboxylic acid groups (broad SMARTS) is 1. The lowest BCUT2D eigenvalue weighted by Crippen LogP contribution is -2.07. The molecule has 0 radical (unpaired) electrons. The molecule has 2 aromatic heterocycles. The van der Waals surface area contributed by atoms with Crippen LogP contribution in [0.15, 0.2) is 66.0 Å². The number of nitrogens with zero attached hydrogens (tertiary/aromatic N) is 1. The van der Waals surface area contributed by atoms with Crippen molar-refractivity contribution in [2.75, 3.05) is 0 Å². The van der Waals surface area contributed by atoms with Gasteiger partial charge in [0.2, 0.25) is 0 Å². The van der Waals surface area contributed by atoms with Crippen LogP contribution in [0.5, 0.6) is 0 Å². The molecule has 162 valence electrons. The number of fused-ring (bicyclic) bond motifs is 1. The van der Waals surface area contributed by atoms with Gasteiger partial charge in [-0.25, -0.2) is 4.79 Å². The molecule has 2 aromatic carbocycles. The molecule has 4 nitrogen and oxygen atoms in total. The van der Waals surface area contributed by atoms with Gasteiger partial charge >= 0.3 is 5.97 Å². The second-order valence-corrected chi connectivity index (χ2v) is 8.70. The first kappa shape index (κ1) is 20.4. The highest BCUT2D eigenvalue weighted by atomic mass is 16.4. The number of benzene rings is 2. The summed E-state index contributed by atoms with van der Waals surface area (Å²) in [6.45, 7) is 6.09. The molecule has 0 unspecified atom stereocenters. The number of aryl methyl sites for hydroxylation is 1. The third-order valence-corrected chi connectivity index (χ3v) is 6.76. The summed E-state index contributed by atoms with van der Waals surface area (Å²) in [5.74, 6) is -0.483. The summed E-state index contributed by atoms with van der Waals surface area (Å²) in [5.41, 5.74) is 7.73. The summed E-state index contributed by atoms with van der Waals surface area (Å²) in [5, 5.41) is 10.9. The van der Waals surface area contributed by atoms with Gasteiger partial charge in [0, 0.05) is 17.0 Å². The maximum atomic E-state index is 11.9. The summed E-state index contributed by atoms with van der Waals surface area (Å²) in [6.07, 6.45) is 11.3. The maximum Gasteiger partial charge on any atom is 0.335 e. The summed E-state index contributed by atoms with van der Waals surface area (Å²) >= 11 is 0.